The Kier molecular flexibility index (Phi) is 7.41. The number of unbranched alkanes of at least 4 members (excludes halogenated alkanes) is 1. The summed E-state index contributed by atoms with van der Waals surface area (Å²) < 4.78 is 0. The van der Waals surface area contributed by atoms with Crippen LogP contribution in [-0.4, -0.2) is 40.7 Å². The van der Waals surface area contributed by atoms with Crippen LogP contribution in [0.1, 0.15) is 48.0 Å². The molecule has 1 saturated heterocycles. The average Bonchev–Trinajstić information content (AvgIpc) is 3.13. The fourth-order valence-electron chi connectivity index (χ4n) is 3.33. The minimum Gasteiger partial charge on any atom is -0.343 e. The van der Waals surface area contributed by atoms with Crippen molar-refractivity contribution < 1.29 is 14.4 Å². The molecular formula is C22H25ClN4O3. The summed E-state index contributed by atoms with van der Waals surface area (Å²) in [6.07, 6.45) is 4.79. The predicted octanol–water partition coefficient (Wildman–Crippen LogP) is 4.03. The van der Waals surface area contributed by atoms with Gasteiger partial charge in [0.2, 0.25) is 11.8 Å². The van der Waals surface area contributed by atoms with Crippen LogP contribution in [0.15, 0.2) is 36.5 Å². The number of hydrogen-bond donors (Lipinski definition) is 2. The van der Waals surface area contributed by atoms with Crippen molar-refractivity contribution >= 4 is 40.8 Å². The van der Waals surface area contributed by atoms with Gasteiger partial charge in [0.15, 0.2) is 0 Å². The molecule has 0 radical (unpaired) electrons. The summed E-state index contributed by atoms with van der Waals surface area (Å²) in [5.74, 6) is 0.0474. The minimum absolute atomic E-state index is 0.162. The number of nitrogens with zero attached hydrogens (tertiary/aromatic N) is 2. The number of hydrogen-bond acceptors (Lipinski definition) is 4. The fourth-order valence-corrected chi connectivity index (χ4v) is 3.44. The number of aryl methyl sites for hydroxylation is 1. The average molecular weight is 429 g/mol. The normalized spacial score (nSPS) is 13.4. The number of carbonyl (C=O) groups is 3. The highest BCUT2D eigenvalue weighted by molar-refractivity contribution is 6.30. The summed E-state index contributed by atoms with van der Waals surface area (Å²) in [6, 6.07) is 8.53. The van der Waals surface area contributed by atoms with Crippen LogP contribution in [-0.2, 0) is 9.59 Å². The first-order valence-electron chi connectivity index (χ1n) is 10.0. The maximum absolute atomic E-state index is 12.7. The lowest BCUT2D eigenvalue weighted by Gasteiger charge is -2.15. The van der Waals surface area contributed by atoms with Crippen LogP contribution in [0.25, 0.3) is 0 Å². The van der Waals surface area contributed by atoms with Crippen molar-refractivity contribution in [2.24, 2.45) is 0 Å². The highest BCUT2D eigenvalue weighted by Gasteiger charge is 2.19. The molecule has 0 unspecified atom stereocenters. The van der Waals surface area contributed by atoms with Crippen molar-refractivity contribution in [2.75, 3.05) is 23.7 Å². The first kappa shape index (κ1) is 21.8. The molecule has 1 aliphatic rings. The molecule has 30 heavy (non-hydrogen) atoms. The van der Waals surface area contributed by atoms with E-state index in [-0.39, 0.29) is 17.7 Å². The maximum atomic E-state index is 12.7. The van der Waals surface area contributed by atoms with Crippen molar-refractivity contribution in [3.05, 3.63) is 52.7 Å². The Labute approximate surface area is 180 Å². The van der Waals surface area contributed by atoms with Gasteiger partial charge >= 0.3 is 0 Å². The molecule has 158 valence electrons. The molecule has 1 aliphatic heterocycles. The summed E-state index contributed by atoms with van der Waals surface area (Å²) in [5.41, 5.74) is 1.71. The van der Waals surface area contributed by atoms with Gasteiger partial charge in [-0.15, -0.1) is 0 Å². The minimum atomic E-state index is -0.364. The van der Waals surface area contributed by atoms with E-state index in [0.717, 1.165) is 24.9 Å². The van der Waals surface area contributed by atoms with Gasteiger partial charge in [0.25, 0.3) is 5.91 Å². The molecule has 0 spiro atoms. The molecule has 1 aromatic heterocycles. The largest absolute Gasteiger partial charge is 0.343 e. The summed E-state index contributed by atoms with van der Waals surface area (Å²) in [7, 11) is 0. The number of amides is 3. The smallest absolute Gasteiger partial charge is 0.258 e. The van der Waals surface area contributed by atoms with Gasteiger partial charge in [0.1, 0.15) is 5.82 Å². The second kappa shape index (κ2) is 10.2. The van der Waals surface area contributed by atoms with E-state index < -0.39 is 0 Å². The first-order chi connectivity index (χ1) is 14.4. The predicted molar refractivity (Wildman–Crippen MR) is 117 cm³/mol. The number of nitrogens with one attached hydrogen (secondary N) is 2. The molecule has 0 bridgehead atoms. The third kappa shape index (κ3) is 6.03. The highest BCUT2D eigenvalue weighted by Crippen LogP contribution is 2.20. The van der Waals surface area contributed by atoms with E-state index in [1.807, 2.05) is 17.9 Å². The van der Waals surface area contributed by atoms with E-state index in [9.17, 15) is 14.4 Å². The van der Waals surface area contributed by atoms with E-state index >= 15 is 0 Å². The second-order valence-corrected chi connectivity index (χ2v) is 7.79. The van der Waals surface area contributed by atoms with Crippen LogP contribution in [0.5, 0.6) is 0 Å². The topological polar surface area (TPSA) is 91.4 Å². The number of aromatic nitrogens is 1. The summed E-state index contributed by atoms with van der Waals surface area (Å²) >= 11 is 5.82. The fraction of sp³-hybridized carbons (Fsp3) is 0.364. The van der Waals surface area contributed by atoms with Gasteiger partial charge in [-0.05, 0) is 50.5 Å². The van der Waals surface area contributed by atoms with E-state index in [1.54, 1.807) is 24.3 Å². The van der Waals surface area contributed by atoms with Crippen LogP contribution >= 0.6 is 11.6 Å². The quantitative estimate of drug-likeness (QED) is 0.621. The zero-order valence-corrected chi connectivity index (χ0v) is 17.7. The Hall–Kier alpha value is -2.93. The van der Waals surface area contributed by atoms with Crippen LogP contribution in [0, 0.1) is 6.92 Å². The summed E-state index contributed by atoms with van der Waals surface area (Å²) in [4.78, 5) is 42.6. The van der Waals surface area contributed by atoms with Gasteiger partial charge in [0.05, 0.1) is 16.3 Å². The molecule has 3 amide bonds. The zero-order valence-electron chi connectivity index (χ0n) is 16.9. The standard InChI is InChI=1S/C22H25ClN4O3/c1-15-7-9-18(17(13-15)22(30)26-19-10-8-16(23)14-24-19)25-20(28)5-2-3-11-27-12-4-6-21(27)29/h7-10,13-14H,2-6,11-12H2,1H3,(H,25,28)(H,24,26,30). The number of pyridine rings is 1. The van der Waals surface area contributed by atoms with Crippen LogP contribution in [0.3, 0.4) is 0 Å². The molecule has 2 aromatic rings. The molecule has 0 aliphatic carbocycles. The van der Waals surface area contributed by atoms with Crippen molar-refractivity contribution in [3.63, 3.8) is 0 Å². The third-order valence-corrected chi connectivity index (χ3v) is 5.14. The van der Waals surface area contributed by atoms with E-state index in [0.29, 0.717) is 47.9 Å². The molecule has 0 saturated carbocycles. The van der Waals surface area contributed by atoms with E-state index in [4.69, 9.17) is 11.6 Å². The Morgan fingerprint density at radius 1 is 1.17 bits per heavy atom. The first-order valence-corrected chi connectivity index (χ1v) is 10.4. The molecule has 1 fully saturated rings. The number of halogens is 1. The second-order valence-electron chi connectivity index (χ2n) is 7.35. The molecule has 0 atom stereocenters. The highest BCUT2D eigenvalue weighted by atomic mass is 35.5. The van der Waals surface area contributed by atoms with Gasteiger partial charge in [-0.25, -0.2) is 4.98 Å². The van der Waals surface area contributed by atoms with Crippen LogP contribution < -0.4 is 10.6 Å². The Bertz CT molecular complexity index is 930. The SMILES string of the molecule is Cc1ccc(NC(=O)CCCCN2CCCC2=O)c(C(=O)Nc2ccc(Cl)cn2)c1. The van der Waals surface area contributed by atoms with Crippen molar-refractivity contribution in [1.29, 1.82) is 0 Å². The number of benzene rings is 1. The lowest BCUT2D eigenvalue weighted by molar-refractivity contribution is -0.127. The number of anilines is 2. The van der Waals surface area contributed by atoms with Gasteiger partial charge < -0.3 is 15.5 Å². The molecule has 2 N–H and O–H groups in total. The van der Waals surface area contributed by atoms with Crippen molar-refractivity contribution in [1.82, 2.24) is 9.88 Å². The summed E-state index contributed by atoms with van der Waals surface area (Å²) in [6.45, 7) is 3.39. The van der Waals surface area contributed by atoms with Gasteiger partial charge in [0, 0.05) is 32.1 Å². The Balaban J connectivity index is 1.56. The number of likely N-dealkylation sites (tertiary alicyclic amines) is 1. The summed E-state index contributed by atoms with van der Waals surface area (Å²) in [5, 5.41) is 6.02. The monoisotopic (exact) mass is 428 g/mol. The number of carbonyl (C=O) groups excluding carboxylic acids is 3. The number of rotatable bonds is 8. The zero-order chi connectivity index (χ0) is 21.5. The van der Waals surface area contributed by atoms with Crippen LogP contribution in [0.2, 0.25) is 5.02 Å². The van der Waals surface area contributed by atoms with E-state index in [2.05, 4.69) is 15.6 Å². The third-order valence-electron chi connectivity index (χ3n) is 4.92. The molecule has 8 heteroatoms. The molecule has 7 nitrogen and oxygen atoms in total. The molecule has 3 rings (SSSR count). The lowest BCUT2D eigenvalue weighted by Crippen LogP contribution is -2.25. The molecule has 1 aromatic carbocycles. The van der Waals surface area contributed by atoms with Crippen molar-refractivity contribution in [2.45, 2.75) is 39.0 Å². The Morgan fingerprint density at radius 3 is 2.70 bits per heavy atom. The molecule has 2 heterocycles. The van der Waals surface area contributed by atoms with Crippen molar-refractivity contribution in [3.8, 4) is 0 Å². The lowest BCUT2D eigenvalue weighted by atomic mass is 10.1. The maximum Gasteiger partial charge on any atom is 0.258 e. The van der Waals surface area contributed by atoms with Gasteiger partial charge in [-0.3, -0.25) is 14.4 Å². The van der Waals surface area contributed by atoms with Crippen LogP contribution in [0.4, 0.5) is 11.5 Å². The Morgan fingerprint density at radius 2 is 2.00 bits per heavy atom. The molecular weight excluding hydrogens is 404 g/mol. The van der Waals surface area contributed by atoms with Gasteiger partial charge in [-0.2, -0.15) is 0 Å². The van der Waals surface area contributed by atoms with E-state index in [1.165, 1.54) is 6.20 Å². The van der Waals surface area contributed by atoms with Gasteiger partial charge in [-0.1, -0.05) is 23.2 Å².